The van der Waals surface area contributed by atoms with E-state index in [-0.39, 0.29) is 0 Å². The van der Waals surface area contributed by atoms with Crippen LogP contribution in [0.3, 0.4) is 0 Å². The summed E-state index contributed by atoms with van der Waals surface area (Å²) in [5.41, 5.74) is 2.89. The second-order valence-electron chi connectivity index (χ2n) is 5.00. The van der Waals surface area contributed by atoms with Gasteiger partial charge in [0, 0.05) is 25.5 Å². The van der Waals surface area contributed by atoms with Gasteiger partial charge in [-0.1, -0.05) is 23.9 Å². The molecule has 0 aromatic heterocycles. The van der Waals surface area contributed by atoms with Crippen molar-refractivity contribution in [1.82, 2.24) is 5.32 Å². The van der Waals surface area contributed by atoms with E-state index in [0.29, 0.717) is 11.3 Å². The molecule has 112 valence electrons. The topological polar surface area (TPSA) is 64.9 Å². The first kappa shape index (κ1) is 15.4. The normalized spacial score (nSPS) is 18.1. The predicted molar refractivity (Wildman–Crippen MR) is 87.9 cm³/mol. The molecule has 21 heavy (non-hydrogen) atoms. The molecule has 1 atom stereocenters. The van der Waals surface area contributed by atoms with Crippen molar-refractivity contribution >= 4 is 28.6 Å². The number of hydrogen-bond acceptors (Lipinski definition) is 5. The molecule has 1 heterocycles. The van der Waals surface area contributed by atoms with Crippen molar-refractivity contribution in [2.45, 2.75) is 13.0 Å². The van der Waals surface area contributed by atoms with Crippen LogP contribution in [0, 0.1) is 0 Å². The summed E-state index contributed by atoms with van der Waals surface area (Å²) in [6.07, 6.45) is 1.91. The summed E-state index contributed by atoms with van der Waals surface area (Å²) >= 11 is 1.47. The molecule has 1 aromatic carbocycles. The number of anilines is 1. The first-order valence-corrected chi connectivity index (χ1v) is 7.76. The number of amidine groups is 1. The number of carbonyl (C=O) groups is 1. The number of hydrogen-bond donors (Lipinski definition) is 2. The van der Waals surface area contributed by atoms with Crippen molar-refractivity contribution in [3.63, 3.8) is 0 Å². The highest BCUT2D eigenvalue weighted by atomic mass is 32.2. The van der Waals surface area contributed by atoms with Crippen LogP contribution >= 0.6 is 11.8 Å². The average molecular weight is 305 g/mol. The number of allylic oxidation sites excluding steroid dienone is 1. The van der Waals surface area contributed by atoms with Gasteiger partial charge in [-0.2, -0.15) is 0 Å². The summed E-state index contributed by atoms with van der Waals surface area (Å²) in [7, 11) is 3.94. The summed E-state index contributed by atoms with van der Waals surface area (Å²) in [6, 6.07) is 7.34. The zero-order valence-electron chi connectivity index (χ0n) is 12.5. The van der Waals surface area contributed by atoms with Crippen molar-refractivity contribution in [2.75, 3.05) is 25.3 Å². The standard InChI is InChI=1S/C15H19N3O2S/c1-9-12(14(19)20)13(17-15(16-9)21-4)10-5-7-11(8-6-10)18(2)3/h5-8,13H,1-4H3,(H,16,17)(H,19,20). The minimum atomic E-state index is -0.939. The second kappa shape index (κ2) is 6.22. The van der Waals surface area contributed by atoms with Crippen LogP contribution in [0.5, 0.6) is 0 Å². The summed E-state index contributed by atoms with van der Waals surface area (Å²) in [4.78, 5) is 18.1. The number of nitrogens with one attached hydrogen (secondary N) is 1. The lowest BCUT2D eigenvalue weighted by Gasteiger charge is -2.24. The van der Waals surface area contributed by atoms with Gasteiger partial charge in [-0.3, -0.25) is 0 Å². The predicted octanol–water partition coefficient (Wildman–Crippen LogP) is 2.47. The maximum Gasteiger partial charge on any atom is 0.335 e. The quantitative estimate of drug-likeness (QED) is 0.898. The summed E-state index contributed by atoms with van der Waals surface area (Å²) in [6.45, 7) is 1.77. The fourth-order valence-electron chi connectivity index (χ4n) is 2.22. The molecule has 1 unspecified atom stereocenters. The number of aliphatic imine (C=N–C) groups is 1. The molecule has 0 saturated carbocycles. The van der Waals surface area contributed by atoms with Gasteiger partial charge in [-0.15, -0.1) is 0 Å². The Morgan fingerprint density at radius 3 is 2.43 bits per heavy atom. The molecule has 0 spiro atoms. The van der Waals surface area contributed by atoms with Crippen LogP contribution in [0.25, 0.3) is 0 Å². The highest BCUT2D eigenvalue weighted by molar-refractivity contribution is 8.13. The third-order valence-corrected chi connectivity index (χ3v) is 3.96. The molecule has 2 rings (SSSR count). The van der Waals surface area contributed by atoms with Crippen molar-refractivity contribution in [3.8, 4) is 0 Å². The molecule has 0 fully saturated rings. The molecule has 1 aliphatic heterocycles. The van der Waals surface area contributed by atoms with Crippen LogP contribution in [0.1, 0.15) is 18.5 Å². The Balaban J connectivity index is 2.44. The molecule has 2 N–H and O–H groups in total. The number of benzene rings is 1. The van der Waals surface area contributed by atoms with E-state index in [4.69, 9.17) is 0 Å². The minimum Gasteiger partial charge on any atom is -0.478 e. The maximum atomic E-state index is 11.5. The zero-order chi connectivity index (χ0) is 15.6. The number of carboxylic acids is 1. The van der Waals surface area contributed by atoms with E-state index in [2.05, 4.69) is 10.3 Å². The van der Waals surface area contributed by atoms with Crippen LogP contribution < -0.4 is 10.2 Å². The van der Waals surface area contributed by atoms with E-state index in [9.17, 15) is 9.90 Å². The number of aliphatic carboxylic acids is 1. The summed E-state index contributed by atoms with van der Waals surface area (Å²) in [5.74, 6) is -0.939. The number of rotatable bonds is 3. The highest BCUT2D eigenvalue weighted by Crippen LogP contribution is 2.32. The molecular weight excluding hydrogens is 286 g/mol. The van der Waals surface area contributed by atoms with E-state index in [1.54, 1.807) is 6.92 Å². The van der Waals surface area contributed by atoms with E-state index in [1.807, 2.05) is 49.5 Å². The molecule has 0 radical (unpaired) electrons. The van der Waals surface area contributed by atoms with E-state index in [0.717, 1.165) is 16.4 Å². The Labute approximate surface area is 128 Å². The minimum absolute atomic E-state index is 0.297. The molecule has 0 amide bonds. The Morgan fingerprint density at radius 2 is 1.95 bits per heavy atom. The number of thioether (sulfide) groups is 1. The van der Waals surface area contributed by atoms with E-state index in [1.165, 1.54) is 11.8 Å². The lowest BCUT2D eigenvalue weighted by molar-refractivity contribution is -0.133. The average Bonchev–Trinajstić information content (AvgIpc) is 2.45. The van der Waals surface area contributed by atoms with Gasteiger partial charge in [-0.05, 0) is 30.9 Å². The van der Waals surface area contributed by atoms with Gasteiger partial charge < -0.3 is 15.3 Å². The van der Waals surface area contributed by atoms with Crippen molar-refractivity contribution in [3.05, 3.63) is 41.1 Å². The second-order valence-corrected chi connectivity index (χ2v) is 5.79. The van der Waals surface area contributed by atoms with Gasteiger partial charge in [0.2, 0.25) is 0 Å². The van der Waals surface area contributed by atoms with Gasteiger partial charge in [0.25, 0.3) is 0 Å². The Bertz CT molecular complexity index is 606. The molecule has 1 aliphatic rings. The molecule has 0 aliphatic carbocycles. The van der Waals surface area contributed by atoms with Crippen LogP contribution in [0.15, 0.2) is 40.5 Å². The van der Waals surface area contributed by atoms with Crippen molar-refractivity contribution < 1.29 is 9.90 Å². The summed E-state index contributed by atoms with van der Waals surface area (Å²) in [5, 5.41) is 13.2. The largest absolute Gasteiger partial charge is 0.478 e. The smallest absolute Gasteiger partial charge is 0.335 e. The Morgan fingerprint density at radius 1 is 1.33 bits per heavy atom. The third-order valence-electron chi connectivity index (χ3n) is 3.37. The zero-order valence-corrected chi connectivity index (χ0v) is 13.4. The SMILES string of the molecule is CSC1=NC(c2ccc(N(C)C)cc2)C(C(=O)O)=C(C)N1. The van der Waals surface area contributed by atoms with E-state index >= 15 is 0 Å². The molecule has 1 aromatic rings. The molecule has 6 heteroatoms. The number of carboxylic acid groups (broad SMARTS) is 1. The van der Waals surface area contributed by atoms with Crippen LogP contribution in [-0.4, -0.2) is 36.6 Å². The fourth-order valence-corrected chi connectivity index (χ4v) is 2.69. The van der Waals surface area contributed by atoms with Gasteiger partial charge in [0.15, 0.2) is 5.17 Å². The van der Waals surface area contributed by atoms with Crippen LogP contribution in [0.4, 0.5) is 5.69 Å². The van der Waals surface area contributed by atoms with Crippen LogP contribution in [-0.2, 0) is 4.79 Å². The number of nitrogens with zero attached hydrogens (tertiary/aromatic N) is 2. The maximum absolute atomic E-state index is 11.5. The molecule has 0 bridgehead atoms. The van der Waals surface area contributed by atoms with E-state index < -0.39 is 12.0 Å². The highest BCUT2D eigenvalue weighted by Gasteiger charge is 2.28. The molecule has 0 saturated heterocycles. The lowest BCUT2D eigenvalue weighted by atomic mass is 9.96. The van der Waals surface area contributed by atoms with Crippen LogP contribution in [0.2, 0.25) is 0 Å². The third kappa shape index (κ3) is 3.21. The summed E-state index contributed by atoms with van der Waals surface area (Å²) < 4.78 is 0. The van der Waals surface area contributed by atoms with Gasteiger partial charge in [-0.25, -0.2) is 9.79 Å². The Hall–Kier alpha value is -1.95. The fraction of sp³-hybridized carbons (Fsp3) is 0.333. The molecule has 5 nitrogen and oxygen atoms in total. The first-order chi connectivity index (χ1) is 9.93. The van der Waals surface area contributed by atoms with Gasteiger partial charge >= 0.3 is 5.97 Å². The lowest BCUT2D eigenvalue weighted by Crippen LogP contribution is -2.29. The monoisotopic (exact) mass is 305 g/mol. The van der Waals surface area contributed by atoms with Gasteiger partial charge in [0.05, 0.1) is 5.57 Å². The van der Waals surface area contributed by atoms with Crippen molar-refractivity contribution in [2.24, 2.45) is 4.99 Å². The first-order valence-electron chi connectivity index (χ1n) is 6.54. The van der Waals surface area contributed by atoms with Gasteiger partial charge in [0.1, 0.15) is 6.04 Å². The molecular formula is C15H19N3O2S. The van der Waals surface area contributed by atoms with Crippen molar-refractivity contribution in [1.29, 1.82) is 0 Å². The Kier molecular flexibility index (Phi) is 4.57.